The molecular weight excluding hydrogens is 128 g/mol. The van der Waals surface area contributed by atoms with Crippen molar-refractivity contribution in [3.63, 3.8) is 0 Å². The van der Waals surface area contributed by atoms with Gasteiger partial charge < -0.3 is 10.1 Å². The molecular formula is C6H6N4. The number of nitrogens with two attached hydrogens (primary N) is 1. The number of imidazole rings is 1. The van der Waals surface area contributed by atoms with Crippen LogP contribution in [-0.4, -0.2) is 14.4 Å². The van der Waals surface area contributed by atoms with E-state index in [0.717, 1.165) is 5.65 Å². The molecule has 0 spiro atoms. The Hall–Kier alpha value is -1.58. The number of nitrogen functional groups attached to an aromatic ring is 1. The summed E-state index contributed by atoms with van der Waals surface area (Å²) in [6.07, 6.45) is 6.89. The first-order valence-electron chi connectivity index (χ1n) is 2.90. The van der Waals surface area contributed by atoms with E-state index in [1.807, 2.05) is 10.6 Å². The lowest BCUT2D eigenvalue weighted by atomic mass is 10.6. The highest BCUT2D eigenvalue weighted by Crippen LogP contribution is 2.00. The Labute approximate surface area is 57.3 Å². The van der Waals surface area contributed by atoms with E-state index in [4.69, 9.17) is 5.73 Å². The third kappa shape index (κ3) is 0.621. The van der Waals surface area contributed by atoms with Gasteiger partial charge >= 0.3 is 0 Å². The molecule has 0 saturated heterocycles. The molecule has 0 bridgehead atoms. The number of hydrogen-bond acceptors (Lipinski definition) is 3. The zero-order valence-corrected chi connectivity index (χ0v) is 5.23. The summed E-state index contributed by atoms with van der Waals surface area (Å²) in [5, 5.41) is 0. The normalized spacial score (nSPS) is 10.4. The number of hydrogen-bond donors (Lipinski definition) is 1. The Bertz CT molecular complexity index is 351. The molecule has 0 unspecified atom stereocenters. The van der Waals surface area contributed by atoms with Gasteiger partial charge in [-0.3, -0.25) is 0 Å². The average Bonchev–Trinajstić information content (AvgIpc) is 2.33. The monoisotopic (exact) mass is 134 g/mol. The standard InChI is InChI=1S/C6H6N4/c7-5-4-10-2-1-8-6(10)3-9-5/h1-4H,7H2. The molecule has 2 aromatic rings. The minimum Gasteiger partial charge on any atom is -0.382 e. The van der Waals surface area contributed by atoms with E-state index in [2.05, 4.69) is 9.97 Å². The number of anilines is 1. The predicted molar refractivity (Wildman–Crippen MR) is 37.4 cm³/mol. The molecule has 0 aliphatic carbocycles. The summed E-state index contributed by atoms with van der Waals surface area (Å²) in [5.41, 5.74) is 6.24. The first-order valence-corrected chi connectivity index (χ1v) is 2.90. The van der Waals surface area contributed by atoms with E-state index in [9.17, 15) is 0 Å². The van der Waals surface area contributed by atoms with Gasteiger partial charge in [-0.2, -0.15) is 0 Å². The maximum Gasteiger partial charge on any atom is 0.155 e. The molecule has 2 rings (SSSR count). The van der Waals surface area contributed by atoms with Gasteiger partial charge in [0.15, 0.2) is 5.65 Å². The maximum absolute atomic E-state index is 5.42. The van der Waals surface area contributed by atoms with Crippen molar-refractivity contribution in [3.8, 4) is 0 Å². The first-order chi connectivity index (χ1) is 4.86. The third-order valence-electron chi connectivity index (χ3n) is 1.30. The van der Waals surface area contributed by atoms with Gasteiger partial charge in [-0.1, -0.05) is 0 Å². The molecule has 0 atom stereocenters. The smallest absolute Gasteiger partial charge is 0.155 e. The summed E-state index contributed by atoms with van der Waals surface area (Å²) in [5.74, 6) is 0.505. The molecule has 0 radical (unpaired) electrons. The molecule has 0 fully saturated rings. The number of nitrogens with zero attached hydrogens (tertiary/aromatic N) is 3. The molecule has 0 aromatic carbocycles. The van der Waals surface area contributed by atoms with Gasteiger partial charge in [0.1, 0.15) is 5.82 Å². The highest BCUT2D eigenvalue weighted by atomic mass is 15.0. The topological polar surface area (TPSA) is 56.2 Å². The summed E-state index contributed by atoms with van der Waals surface area (Å²) >= 11 is 0. The van der Waals surface area contributed by atoms with Crippen LogP contribution in [0.25, 0.3) is 5.65 Å². The van der Waals surface area contributed by atoms with Gasteiger partial charge in [0.25, 0.3) is 0 Å². The maximum atomic E-state index is 5.42. The fourth-order valence-corrected chi connectivity index (χ4v) is 0.842. The van der Waals surface area contributed by atoms with Crippen LogP contribution in [0.3, 0.4) is 0 Å². The summed E-state index contributed by atoms with van der Waals surface area (Å²) in [4.78, 5) is 7.88. The highest BCUT2D eigenvalue weighted by molar-refractivity contribution is 5.39. The number of aromatic nitrogens is 3. The second-order valence-electron chi connectivity index (χ2n) is 2.00. The van der Waals surface area contributed by atoms with Crippen LogP contribution in [-0.2, 0) is 0 Å². The molecule has 0 amide bonds. The van der Waals surface area contributed by atoms with Gasteiger partial charge in [0.05, 0.1) is 12.4 Å². The zero-order valence-electron chi connectivity index (χ0n) is 5.23. The molecule has 4 nitrogen and oxygen atoms in total. The predicted octanol–water partition coefficient (Wildman–Crippen LogP) is 0.311. The Kier molecular flexibility index (Phi) is 0.887. The molecule has 2 aromatic heterocycles. The molecule has 4 heteroatoms. The minimum atomic E-state index is 0.505. The minimum absolute atomic E-state index is 0.505. The molecule has 0 saturated carbocycles. The van der Waals surface area contributed by atoms with Crippen molar-refractivity contribution >= 4 is 11.5 Å². The van der Waals surface area contributed by atoms with Crippen molar-refractivity contribution in [2.24, 2.45) is 0 Å². The van der Waals surface area contributed by atoms with E-state index in [-0.39, 0.29) is 0 Å². The van der Waals surface area contributed by atoms with E-state index >= 15 is 0 Å². The van der Waals surface area contributed by atoms with Crippen molar-refractivity contribution in [1.82, 2.24) is 14.4 Å². The van der Waals surface area contributed by atoms with Gasteiger partial charge in [0, 0.05) is 12.4 Å². The fourth-order valence-electron chi connectivity index (χ4n) is 0.842. The van der Waals surface area contributed by atoms with Crippen LogP contribution in [0.4, 0.5) is 5.82 Å². The van der Waals surface area contributed by atoms with Crippen LogP contribution in [0.2, 0.25) is 0 Å². The summed E-state index contributed by atoms with van der Waals surface area (Å²) < 4.78 is 1.82. The SMILES string of the molecule is Nc1cn2ccnc2cn1. The van der Waals surface area contributed by atoms with Crippen LogP contribution in [0.1, 0.15) is 0 Å². The third-order valence-corrected chi connectivity index (χ3v) is 1.30. The van der Waals surface area contributed by atoms with E-state index in [0.29, 0.717) is 5.82 Å². The van der Waals surface area contributed by atoms with Crippen molar-refractivity contribution < 1.29 is 0 Å². The van der Waals surface area contributed by atoms with Gasteiger partial charge in [-0.15, -0.1) is 0 Å². The Balaban J connectivity index is 2.86. The lowest BCUT2D eigenvalue weighted by Crippen LogP contribution is -1.92. The van der Waals surface area contributed by atoms with Crippen LogP contribution in [0.5, 0.6) is 0 Å². The average molecular weight is 134 g/mol. The Morgan fingerprint density at radius 1 is 1.40 bits per heavy atom. The second kappa shape index (κ2) is 1.70. The van der Waals surface area contributed by atoms with Crippen molar-refractivity contribution in [3.05, 3.63) is 24.8 Å². The van der Waals surface area contributed by atoms with Crippen LogP contribution < -0.4 is 5.73 Å². The van der Waals surface area contributed by atoms with Gasteiger partial charge in [-0.05, 0) is 0 Å². The van der Waals surface area contributed by atoms with E-state index < -0.39 is 0 Å². The van der Waals surface area contributed by atoms with Crippen molar-refractivity contribution in [1.29, 1.82) is 0 Å². The second-order valence-corrected chi connectivity index (χ2v) is 2.00. The van der Waals surface area contributed by atoms with E-state index in [1.54, 1.807) is 18.6 Å². The Morgan fingerprint density at radius 2 is 2.30 bits per heavy atom. The molecule has 0 aliphatic rings. The van der Waals surface area contributed by atoms with Gasteiger partial charge in [-0.25, -0.2) is 9.97 Å². The summed E-state index contributed by atoms with van der Waals surface area (Å²) in [6.45, 7) is 0. The lowest BCUT2D eigenvalue weighted by molar-refractivity contribution is 1.14. The quantitative estimate of drug-likeness (QED) is 0.564. The van der Waals surface area contributed by atoms with Crippen LogP contribution >= 0.6 is 0 Å². The first kappa shape index (κ1) is 5.22. The zero-order chi connectivity index (χ0) is 6.97. The lowest BCUT2D eigenvalue weighted by Gasteiger charge is -1.92. The Morgan fingerprint density at radius 3 is 3.20 bits per heavy atom. The van der Waals surface area contributed by atoms with Crippen LogP contribution in [0, 0.1) is 0 Å². The van der Waals surface area contributed by atoms with Gasteiger partial charge in [0.2, 0.25) is 0 Å². The molecule has 0 aliphatic heterocycles. The molecule has 2 heterocycles. The van der Waals surface area contributed by atoms with Crippen molar-refractivity contribution in [2.45, 2.75) is 0 Å². The fraction of sp³-hybridized carbons (Fsp3) is 0. The van der Waals surface area contributed by atoms with Crippen molar-refractivity contribution in [2.75, 3.05) is 5.73 Å². The highest BCUT2D eigenvalue weighted by Gasteiger charge is 1.91. The molecule has 2 N–H and O–H groups in total. The summed E-state index contributed by atoms with van der Waals surface area (Å²) in [6, 6.07) is 0. The van der Waals surface area contributed by atoms with Crippen LogP contribution in [0.15, 0.2) is 24.8 Å². The number of fused-ring (bicyclic) bond motifs is 1. The van der Waals surface area contributed by atoms with E-state index in [1.165, 1.54) is 0 Å². The molecule has 10 heavy (non-hydrogen) atoms. The summed E-state index contributed by atoms with van der Waals surface area (Å²) in [7, 11) is 0. The largest absolute Gasteiger partial charge is 0.382 e. The number of rotatable bonds is 0. The molecule has 50 valence electrons.